The van der Waals surface area contributed by atoms with Crippen LogP contribution in [0.15, 0.2) is 24.3 Å². The van der Waals surface area contributed by atoms with Crippen molar-refractivity contribution in [3.8, 4) is 0 Å². The lowest BCUT2D eigenvalue weighted by Crippen LogP contribution is -2.50. The van der Waals surface area contributed by atoms with Crippen molar-refractivity contribution in [2.75, 3.05) is 0 Å². The van der Waals surface area contributed by atoms with Crippen LogP contribution in [0.2, 0.25) is 0 Å². The summed E-state index contributed by atoms with van der Waals surface area (Å²) >= 11 is 0. The van der Waals surface area contributed by atoms with Gasteiger partial charge in [-0.05, 0) is 43.2 Å². The van der Waals surface area contributed by atoms with Gasteiger partial charge in [0.25, 0.3) is 0 Å². The number of benzene rings is 1. The minimum atomic E-state index is -0.0684. The highest BCUT2D eigenvalue weighted by Crippen LogP contribution is 2.32. The second-order valence-electron chi connectivity index (χ2n) is 5.54. The Bertz CT molecular complexity index is 454. The van der Waals surface area contributed by atoms with Gasteiger partial charge in [0, 0.05) is 12.6 Å². The highest BCUT2D eigenvalue weighted by Gasteiger charge is 2.31. The van der Waals surface area contributed by atoms with E-state index in [4.69, 9.17) is 0 Å². The van der Waals surface area contributed by atoms with Crippen molar-refractivity contribution < 1.29 is 4.79 Å². The zero-order valence-electron chi connectivity index (χ0n) is 10.8. The van der Waals surface area contributed by atoms with Gasteiger partial charge in [-0.1, -0.05) is 24.3 Å². The van der Waals surface area contributed by atoms with E-state index in [0.717, 1.165) is 13.0 Å². The monoisotopic (exact) mass is 244 g/mol. The van der Waals surface area contributed by atoms with Crippen LogP contribution < -0.4 is 10.6 Å². The number of carbonyl (C=O) groups excluding carboxylic acids is 1. The highest BCUT2D eigenvalue weighted by molar-refractivity contribution is 5.82. The van der Waals surface area contributed by atoms with E-state index >= 15 is 0 Å². The molecule has 0 saturated heterocycles. The number of nitrogens with one attached hydrogen (secondary N) is 2. The Morgan fingerprint density at radius 3 is 2.78 bits per heavy atom. The van der Waals surface area contributed by atoms with E-state index in [9.17, 15) is 4.79 Å². The number of hydrogen-bond donors (Lipinski definition) is 2. The lowest BCUT2D eigenvalue weighted by molar-refractivity contribution is -0.124. The van der Waals surface area contributed by atoms with Crippen LogP contribution in [0.3, 0.4) is 0 Å². The molecule has 0 aromatic heterocycles. The molecule has 3 rings (SSSR count). The quantitative estimate of drug-likeness (QED) is 0.848. The Hall–Kier alpha value is -1.35. The lowest BCUT2D eigenvalue weighted by Gasteiger charge is -2.26. The molecule has 1 heterocycles. The number of hydrogen-bond acceptors (Lipinski definition) is 2. The number of carbonyl (C=O) groups is 1. The Labute approximate surface area is 108 Å². The van der Waals surface area contributed by atoms with E-state index in [0.29, 0.717) is 12.0 Å². The van der Waals surface area contributed by atoms with E-state index in [1.807, 2.05) is 6.07 Å². The number of rotatable bonds is 3. The first-order valence-corrected chi connectivity index (χ1v) is 6.84. The molecule has 96 valence electrons. The molecule has 1 aromatic carbocycles. The molecular weight excluding hydrogens is 224 g/mol. The number of amides is 1. The molecule has 1 unspecified atom stereocenters. The summed E-state index contributed by atoms with van der Waals surface area (Å²) in [5.41, 5.74) is 2.62. The Morgan fingerprint density at radius 1 is 1.33 bits per heavy atom. The molecule has 3 heteroatoms. The first-order chi connectivity index (χ1) is 8.74. The summed E-state index contributed by atoms with van der Waals surface area (Å²) in [7, 11) is 0. The SMILES string of the molecule is CC(NC(=O)[C@H]1Cc2ccccc2CN1)C1CC1. The molecule has 0 radical (unpaired) electrons. The minimum Gasteiger partial charge on any atom is -0.352 e. The molecule has 1 aliphatic heterocycles. The van der Waals surface area contributed by atoms with E-state index < -0.39 is 0 Å². The van der Waals surface area contributed by atoms with Gasteiger partial charge in [0.2, 0.25) is 5.91 Å². The van der Waals surface area contributed by atoms with Crippen molar-refractivity contribution >= 4 is 5.91 Å². The van der Waals surface area contributed by atoms with Crippen LogP contribution >= 0.6 is 0 Å². The van der Waals surface area contributed by atoms with Crippen LogP contribution in [-0.4, -0.2) is 18.0 Å². The van der Waals surface area contributed by atoms with E-state index in [-0.39, 0.29) is 11.9 Å². The molecule has 1 amide bonds. The second-order valence-corrected chi connectivity index (χ2v) is 5.54. The van der Waals surface area contributed by atoms with Gasteiger partial charge in [-0.25, -0.2) is 0 Å². The molecule has 3 nitrogen and oxygen atoms in total. The Kier molecular flexibility index (Phi) is 3.08. The van der Waals surface area contributed by atoms with Gasteiger partial charge in [-0.15, -0.1) is 0 Å². The van der Waals surface area contributed by atoms with Gasteiger partial charge in [-0.2, -0.15) is 0 Å². The fourth-order valence-electron chi connectivity index (χ4n) is 2.68. The van der Waals surface area contributed by atoms with Crippen LogP contribution in [0.5, 0.6) is 0 Å². The van der Waals surface area contributed by atoms with Crippen LogP contribution in [0.4, 0.5) is 0 Å². The average Bonchev–Trinajstić information content (AvgIpc) is 3.22. The largest absolute Gasteiger partial charge is 0.352 e. The maximum absolute atomic E-state index is 12.2. The number of fused-ring (bicyclic) bond motifs is 1. The van der Waals surface area contributed by atoms with E-state index in [1.165, 1.54) is 24.0 Å². The summed E-state index contributed by atoms with van der Waals surface area (Å²) in [4.78, 5) is 12.2. The molecule has 2 N–H and O–H groups in total. The molecule has 1 fully saturated rings. The Balaban J connectivity index is 1.62. The predicted octanol–water partition coefficient (Wildman–Crippen LogP) is 1.62. The van der Waals surface area contributed by atoms with E-state index in [2.05, 4.69) is 35.8 Å². The average molecular weight is 244 g/mol. The molecule has 2 aliphatic rings. The van der Waals surface area contributed by atoms with Gasteiger partial charge in [0.05, 0.1) is 6.04 Å². The van der Waals surface area contributed by atoms with Crippen molar-refractivity contribution in [2.45, 2.75) is 44.8 Å². The second kappa shape index (κ2) is 4.73. The van der Waals surface area contributed by atoms with Gasteiger partial charge in [0.1, 0.15) is 0 Å². The van der Waals surface area contributed by atoms with Gasteiger partial charge in [-0.3, -0.25) is 4.79 Å². The third kappa shape index (κ3) is 2.41. The van der Waals surface area contributed by atoms with Crippen molar-refractivity contribution in [1.82, 2.24) is 10.6 Å². The van der Waals surface area contributed by atoms with Crippen LogP contribution in [0, 0.1) is 5.92 Å². The molecular formula is C15H20N2O. The van der Waals surface area contributed by atoms with Crippen molar-refractivity contribution in [3.63, 3.8) is 0 Å². The van der Waals surface area contributed by atoms with E-state index in [1.54, 1.807) is 0 Å². The molecule has 0 spiro atoms. The fraction of sp³-hybridized carbons (Fsp3) is 0.533. The molecule has 1 aliphatic carbocycles. The molecule has 1 aromatic rings. The molecule has 18 heavy (non-hydrogen) atoms. The standard InChI is InChI=1S/C15H20N2O/c1-10(11-6-7-11)17-15(18)14-8-12-4-2-3-5-13(12)9-16-14/h2-5,10-11,14,16H,6-9H2,1H3,(H,17,18)/t10?,14-/m1/s1. The summed E-state index contributed by atoms with van der Waals surface area (Å²) < 4.78 is 0. The smallest absolute Gasteiger partial charge is 0.237 e. The van der Waals surface area contributed by atoms with Crippen molar-refractivity contribution in [2.24, 2.45) is 5.92 Å². The predicted molar refractivity (Wildman–Crippen MR) is 71.1 cm³/mol. The van der Waals surface area contributed by atoms with Crippen LogP contribution in [-0.2, 0) is 17.8 Å². The van der Waals surface area contributed by atoms with Gasteiger partial charge < -0.3 is 10.6 Å². The fourth-order valence-corrected chi connectivity index (χ4v) is 2.68. The maximum atomic E-state index is 12.2. The zero-order chi connectivity index (χ0) is 12.5. The van der Waals surface area contributed by atoms with Gasteiger partial charge >= 0.3 is 0 Å². The van der Waals surface area contributed by atoms with Crippen LogP contribution in [0.25, 0.3) is 0 Å². The first kappa shape index (κ1) is 11.7. The zero-order valence-corrected chi connectivity index (χ0v) is 10.8. The molecule has 1 saturated carbocycles. The minimum absolute atomic E-state index is 0.0684. The first-order valence-electron chi connectivity index (χ1n) is 6.84. The Morgan fingerprint density at radius 2 is 2.06 bits per heavy atom. The third-order valence-corrected chi connectivity index (χ3v) is 4.10. The summed E-state index contributed by atoms with van der Waals surface area (Å²) in [6.45, 7) is 2.92. The van der Waals surface area contributed by atoms with Crippen molar-refractivity contribution in [3.05, 3.63) is 35.4 Å². The van der Waals surface area contributed by atoms with Crippen molar-refractivity contribution in [1.29, 1.82) is 0 Å². The highest BCUT2D eigenvalue weighted by atomic mass is 16.2. The molecule has 0 bridgehead atoms. The third-order valence-electron chi connectivity index (χ3n) is 4.10. The summed E-state index contributed by atoms with van der Waals surface area (Å²) in [6, 6.07) is 8.61. The summed E-state index contributed by atoms with van der Waals surface area (Å²) in [6.07, 6.45) is 3.34. The van der Waals surface area contributed by atoms with Crippen LogP contribution in [0.1, 0.15) is 30.9 Å². The van der Waals surface area contributed by atoms with Gasteiger partial charge in [0.15, 0.2) is 0 Å². The summed E-state index contributed by atoms with van der Waals surface area (Å²) in [5.74, 6) is 0.869. The topological polar surface area (TPSA) is 41.1 Å². The molecule has 2 atom stereocenters. The maximum Gasteiger partial charge on any atom is 0.237 e. The lowest BCUT2D eigenvalue weighted by atomic mass is 9.95. The normalized spacial score (nSPS) is 24.2. The summed E-state index contributed by atoms with van der Waals surface area (Å²) in [5, 5.41) is 6.47.